The maximum absolute atomic E-state index is 14.3. The zero-order valence-corrected chi connectivity index (χ0v) is 23.9. The maximum Gasteiger partial charge on any atom is 0.414 e. The molecule has 2 amide bonds. The molecule has 1 heterocycles. The van der Waals surface area contributed by atoms with Crippen LogP contribution >= 0.6 is 0 Å². The number of amides is 2. The molecule has 0 spiro atoms. The number of halogens is 3. The first kappa shape index (κ1) is 29.7. The zero-order valence-electron chi connectivity index (χ0n) is 23.9. The van der Waals surface area contributed by atoms with Gasteiger partial charge in [-0.05, 0) is 69.7 Å². The van der Waals surface area contributed by atoms with E-state index in [-0.39, 0.29) is 29.6 Å². The Balaban J connectivity index is 1.42. The van der Waals surface area contributed by atoms with E-state index in [1.54, 1.807) is 26.8 Å². The monoisotopic (exact) mass is 560 g/mol. The number of nitrogens with one attached hydrogen (secondary N) is 2. The van der Waals surface area contributed by atoms with Crippen molar-refractivity contribution in [1.82, 2.24) is 15.2 Å². The van der Waals surface area contributed by atoms with Crippen molar-refractivity contribution in [3.63, 3.8) is 0 Å². The molecule has 2 N–H and O–H groups in total. The van der Waals surface area contributed by atoms with Gasteiger partial charge < -0.3 is 20.3 Å². The minimum absolute atomic E-state index is 0.0600. The van der Waals surface area contributed by atoms with Crippen molar-refractivity contribution in [2.75, 3.05) is 12.4 Å². The molecule has 40 heavy (non-hydrogen) atoms. The smallest absolute Gasteiger partial charge is 0.414 e. The third-order valence-electron chi connectivity index (χ3n) is 7.96. The predicted octanol–water partition coefficient (Wildman–Crippen LogP) is 6.15. The highest BCUT2D eigenvalue weighted by Crippen LogP contribution is 2.41. The van der Waals surface area contributed by atoms with Gasteiger partial charge in [-0.2, -0.15) is 13.2 Å². The number of carbonyl (C=O) groups is 2. The van der Waals surface area contributed by atoms with Crippen LogP contribution in [0.15, 0.2) is 42.6 Å². The molecule has 0 aliphatic heterocycles. The highest BCUT2D eigenvalue weighted by molar-refractivity contribution is 5.80. The SMILES string of the molecule is CN(C(=O)[C@@H]1CC[C@H](NC(=O)OC(C)(C)C)C1)[C@@H](c1ccc(N[C@@H]2Cc3ccccc3C2(C)C)cn1)C(F)(F)F. The van der Waals surface area contributed by atoms with E-state index in [9.17, 15) is 22.8 Å². The van der Waals surface area contributed by atoms with Crippen LogP contribution < -0.4 is 10.6 Å². The zero-order chi connectivity index (χ0) is 29.5. The highest BCUT2D eigenvalue weighted by atomic mass is 19.4. The molecule has 4 rings (SSSR count). The third kappa shape index (κ3) is 6.53. The van der Waals surface area contributed by atoms with Crippen LogP contribution in [0.3, 0.4) is 0 Å². The molecule has 1 aromatic carbocycles. The van der Waals surface area contributed by atoms with Crippen LogP contribution in [-0.4, -0.2) is 52.8 Å². The number of hydrogen-bond acceptors (Lipinski definition) is 5. The molecular formula is C30H39F3N4O3. The maximum atomic E-state index is 14.3. The summed E-state index contributed by atoms with van der Waals surface area (Å²) in [5.74, 6) is -1.26. The van der Waals surface area contributed by atoms with E-state index in [0.717, 1.165) is 11.3 Å². The number of alkyl carbamates (subject to hydrolysis) is 1. The fourth-order valence-electron chi connectivity index (χ4n) is 5.89. The average molecular weight is 561 g/mol. The van der Waals surface area contributed by atoms with Gasteiger partial charge >= 0.3 is 12.3 Å². The number of alkyl halides is 3. The lowest BCUT2D eigenvalue weighted by molar-refractivity contribution is -0.191. The van der Waals surface area contributed by atoms with Gasteiger partial charge in [0.25, 0.3) is 0 Å². The number of fused-ring (bicyclic) bond motifs is 1. The summed E-state index contributed by atoms with van der Waals surface area (Å²) in [5, 5.41) is 6.17. The second kappa shape index (κ2) is 10.9. The van der Waals surface area contributed by atoms with E-state index < -0.39 is 35.7 Å². The fraction of sp³-hybridized carbons (Fsp3) is 0.567. The van der Waals surface area contributed by atoms with Crippen LogP contribution in [0.4, 0.5) is 23.7 Å². The molecule has 0 radical (unpaired) electrons. The number of benzene rings is 1. The first-order valence-corrected chi connectivity index (χ1v) is 13.7. The minimum atomic E-state index is -4.71. The number of rotatable bonds is 6. The van der Waals surface area contributed by atoms with E-state index in [4.69, 9.17) is 4.74 Å². The van der Waals surface area contributed by atoms with E-state index in [0.29, 0.717) is 18.5 Å². The molecule has 1 aromatic heterocycles. The van der Waals surface area contributed by atoms with Gasteiger partial charge in [-0.25, -0.2) is 4.79 Å². The lowest BCUT2D eigenvalue weighted by Gasteiger charge is -2.32. The second-order valence-corrected chi connectivity index (χ2v) is 12.5. The van der Waals surface area contributed by atoms with Crippen LogP contribution in [0.1, 0.15) is 76.7 Å². The summed E-state index contributed by atoms with van der Waals surface area (Å²) in [5.41, 5.74) is 2.05. The van der Waals surface area contributed by atoms with Gasteiger partial charge in [0.15, 0.2) is 6.04 Å². The summed E-state index contributed by atoms with van der Waals surface area (Å²) in [6.07, 6.45) is -1.99. The number of pyridine rings is 1. The van der Waals surface area contributed by atoms with Crippen LogP contribution in [0.25, 0.3) is 0 Å². The third-order valence-corrected chi connectivity index (χ3v) is 7.96. The molecule has 2 aliphatic rings. The number of nitrogens with zero attached hydrogens (tertiary/aromatic N) is 2. The lowest BCUT2D eigenvalue weighted by atomic mass is 9.83. The van der Waals surface area contributed by atoms with Crippen molar-refractivity contribution in [3.8, 4) is 0 Å². The van der Waals surface area contributed by atoms with Gasteiger partial charge in [-0.1, -0.05) is 38.1 Å². The molecule has 4 atom stereocenters. The van der Waals surface area contributed by atoms with Crippen LogP contribution in [-0.2, 0) is 21.4 Å². The summed E-state index contributed by atoms with van der Waals surface area (Å²) in [6.45, 7) is 9.52. The van der Waals surface area contributed by atoms with Gasteiger partial charge in [0, 0.05) is 30.5 Å². The van der Waals surface area contributed by atoms with Crippen molar-refractivity contribution >= 4 is 17.7 Å². The molecule has 10 heteroatoms. The Kier molecular flexibility index (Phi) is 8.11. The van der Waals surface area contributed by atoms with Crippen LogP contribution in [0.5, 0.6) is 0 Å². The minimum Gasteiger partial charge on any atom is -0.444 e. The molecule has 2 aliphatic carbocycles. The molecule has 218 valence electrons. The van der Waals surface area contributed by atoms with Gasteiger partial charge in [-0.3, -0.25) is 9.78 Å². The second-order valence-electron chi connectivity index (χ2n) is 12.5. The van der Waals surface area contributed by atoms with Gasteiger partial charge in [0.1, 0.15) is 5.60 Å². The van der Waals surface area contributed by atoms with E-state index in [2.05, 4.69) is 41.6 Å². The van der Waals surface area contributed by atoms with Crippen molar-refractivity contribution in [2.45, 2.75) is 95.6 Å². The number of ether oxygens (including phenoxy) is 1. The first-order chi connectivity index (χ1) is 18.6. The quantitative estimate of drug-likeness (QED) is 0.443. The van der Waals surface area contributed by atoms with E-state index in [1.165, 1.54) is 30.4 Å². The Morgan fingerprint density at radius 3 is 2.40 bits per heavy atom. The van der Waals surface area contributed by atoms with Crippen molar-refractivity contribution in [2.24, 2.45) is 5.92 Å². The van der Waals surface area contributed by atoms with Crippen LogP contribution in [0.2, 0.25) is 0 Å². The standard InChI is InChI=1S/C30H39F3N4O3/c1-28(2,3)40-27(39)36-20-12-11-19(15-20)26(38)37(6)25(30(31,32)33)23-14-13-21(17-34-23)35-24-16-18-9-7-8-10-22(18)29(24,4)5/h7-10,13-14,17,19-20,24-25,35H,11-12,15-16H2,1-6H3,(H,36,39)/t19-,20+,24-,25+/m1/s1. The lowest BCUT2D eigenvalue weighted by Crippen LogP contribution is -2.43. The summed E-state index contributed by atoms with van der Waals surface area (Å²) in [6, 6.07) is 8.69. The van der Waals surface area contributed by atoms with Gasteiger partial charge in [0.05, 0.1) is 17.6 Å². The number of hydrogen-bond donors (Lipinski definition) is 2. The van der Waals surface area contributed by atoms with Gasteiger partial charge in [-0.15, -0.1) is 0 Å². The Labute approximate surface area is 233 Å². The molecule has 0 unspecified atom stereocenters. The summed E-state index contributed by atoms with van der Waals surface area (Å²) in [4.78, 5) is 30.2. The molecule has 0 bridgehead atoms. The predicted molar refractivity (Wildman–Crippen MR) is 147 cm³/mol. The van der Waals surface area contributed by atoms with Crippen LogP contribution in [0, 0.1) is 5.92 Å². The molecular weight excluding hydrogens is 521 g/mol. The molecule has 1 saturated carbocycles. The van der Waals surface area contributed by atoms with E-state index >= 15 is 0 Å². The van der Waals surface area contributed by atoms with Crippen molar-refractivity contribution < 1.29 is 27.5 Å². The fourth-order valence-corrected chi connectivity index (χ4v) is 5.89. The van der Waals surface area contributed by atoms with Gasteiger partial charge in [0.2, 0.25) is 5.91 Å². The van der Waals surface area contributed by atoms with Crippen molar-refractivity contribution in [1.29, 1.82) is 0 Å². The average Bonchev–Trinajstić information content (AvgIpc) is 3.40. The number of aromatic nitrogens is 1. The Morgan fingerprint density at radius 2 is 1.80 bits per heavy atom. The largest absolute Gasteiger partial charge is 0.444 e. The molecule has 2 aromatic rings. The first-order valence-electron chi connectivity index (χ1n) is 13.7. The number of carbonyl (C=O) groups excluding carboxylic acids is 2. The Bertz CT molecular complexity index is 1220. The van der Waals surface area contributed by atoms with Crippen molar-refractivity contribution in [3.05, 3.63) is 59.4 Å². The number of anilines is 1. The van der Waals surface area contributed by atoms with E-state index in [1.807, 2.05) is 12.1 Å². The normalized spacial score (nSPS) is 22.8. The Hall–Kier alpha value is -3.30. The molecule has 7 nitrogen and oxygen atoms in total. The summed E-state index contributed by atoms with van der Waals surface area (Å²) in [7, 11) is 1.17. The molecule has 1 fully saturated rings. The highest BCUT2D eigenvalue weighted by Gasteiger charge is 2.48. The summed E-state index contributed by atoms with van der Waals surface area (Å²) < 4.78 is 48.1. The summed E-state index contributed by atoms with van der Waals surface area (Å²) >= 11 is 0. The Morgan fingerprint density at radius 1 is 1.10 bits per heavy atom. The molecule has 0 saturated heterocycles. The topological polar surface area (TPSA) is 83.6 Å².